The quantitative estimate of drug-likeness (QED) is 0.890. The maximum absolute atomic E-state index is 12.3. The van der Waals surface area contributed by atoms with Crippen molar-refractivity contribution in [2.45, 2.75) is 26.8 Å². The van der Waals surface area contributed by atoms with Crippen LogP contribution in [0.25, 0.3) is 0 Å². The first-order valence-corrected chi connectivity index (χ1v) is 7.14. The van der Waals surface area contributed by atoms with E-state index in [2.05, 4.69) is 15.6 Å². The van der Waals surface area contributed by atoms with E-state index in [9.17, 15) is 4.79 Å². The number of benzene rings is 1. The highest BCUT2D eigenvalue weighted by Gasteiger charge is 2.14. The standard InChI is InChI=1S/C17H21N3O2/c1-11-5-7-15(12(2)9-11)20-17(21)13(3)19-14-6-8-16(22-4)18-10-14/h5-10,13,19H,1-4H3,(H,20,21). The summed E-state index contributed by atoms with van der Waals surface area (Å²) < 4.78 is 5.01. The van der Waals surface area contributed by atoms with Gasteiger partial charge in [-0.15, -0.1) is 0 Å². The van der Waals surface area contributed by atoms with Crippen LogP contribution in [0.15, 0.2) is 36.5 Å². The van der Waals surface area contributed by atoms with Gasteiger partial charge in [0.25, 0.3) is 0 Å². The normalized spacial score (nSPS) is 11.6. The number of carbonyl (C=O) groups is 1. The van der Waals surface area contributed by atoms with Crippen LogP contribution in [0.5, 0.6) is 5.88 Å². The van der Waals surface area contributed by atoms with Crippen molar-refractivity contribution in [3.8, 4) is 5.88 Å². The third-order valence-electron chi connectivity index (χ3n) is 3.36. The Morgan fingerprint density at radius 1 is 1.23 bits per heavy atom. The van der Waals surface area contributed by atoms with Gasteiger partial charge >= 0.3 is 0 Å². The van der Waals surface area contributed by atoms with Crippen LogP contribution in [0.2, 0.25) is 0 Å². The molecule has 0 aliphatic carbocycles. The van der Waals surface area contributed by atoms with Crippen LogP contribution in [-0.2, 0) is 4.79 Å². The topological polar surface area (TPSA) is 63.2 Å². The second-order valence-electron chi connectivity index (χ2n) is 5.26. The maximum Gasteiger partial charge on any atom is 0.246 e. The second kappa shape index (κ2) is 6.93. The van der Waals surface area contributed by atoms with E-state index in [0.717, 1.165) is 16.9 Å². The van der Waals surface area contributed by atoms with Crippen LogP contribution in [-0.4, -0.2) is 24.0 Å². The maximum atomic E-state index is 12.3. The summed E-state index contributed by atoms with van der Waals surface area (Å²) in [6, 6.07) is 9.14. The number of aromatic nitrogens is 1. The van der Waals surface area contributed by atoms with Gasteiger partial charge in [0, 0.05) is 11.8 Å². The number of hydrogen-bond acceptors (Lipinski definition) is 4. The number of carbonyl (C=O) groups excluding carboxylic acids is 1. The van der Waals surface area contributed by atoms with E-state index in [1.165, 1.54) is 5.56 Å². The molecular formula is C17H21N3O2. The molecule has 2 rings (SSSR count). The lowest BCUT2D eigenvalue weighted by Crippen LogP contribution is -2.32. The summed E-state index contributed by atoms with van der Waals surface area (Å²) in [5.41, 5.74) is 3.82. The number of anilines is 2. The molecule has 1 aromatic carbocycles. The summed E-state index contributed by atoms with van der Waals surface area (Å²) in [6.07, 6.45) is 1.64. The Morgan fingerprint density at radius 3 is 2.59 bits per heavy atom. The van der Waals surface area contributed by atoms with Crippen molar-refractivity contribution in [3.05, 3.63) is 47.7 Å². The Balaban J connectivity index is 1.99. The molecule has 2 N–H and O–H groups in total. The molecule has 0 saturated heterocycles. The van der Waals surface area contributed by atoms with Crippen LogP contribution < -0.4 is 15.4 Å². The summed E-state index contributed by atoms with van der Waals surface area (Å²) in [7, 11) is 1.56. The SMILES string of the molecule is COc1ccc(NC(C)C(=O)Nc2ccc(C)cc2C)cn1. The number of nitrogens with zero attached hydrogens (tertiary/aromatic N) is 1. The highest BCUT2D eigenvalue weighted by molar-refractivity contribution is 5.96. The van der Waals surface area contributed by atoms with Gasteiger partial charge in [-0.05, 0) is 38.5 Å². The number of hydrogen-bond donors (Lipinski definition) is 2. The summed E-state index contributed by atoms with van der Waals surface area (Å²) >= 11 is 0. The first-order chi connectivity index (χ1) is 10.5. The first kappa shape index (κ1) is 15.8. The summed E-state index contributed by atoms with van der Waals surface area (Å²) in [4.78, 5) is 16.4. The monoisotopic (exact) mass is 299 g/mol. The van der Waals surface area contributed by atoms with Gasteiger partial charge in [0.15, 0.2) is 0 Å². The molecule has 2 aromatic rings. The largest absolute Gasteiger partial charge is 0.481 e. The molecule has 116 valence electrons. The first-order valence-electron chi connectivity index (χ1n) is 7.14. The molecule has 0 spiro atoms. The van der Waals surface area contributed by atoms with Crippen LogP contribution in [0.1, 0.15) is 18.1 Å². The average molecular weight is 299 g/mol. The highest BCUT2D eigenvalue weighted by Crippen LogP contribution is 2.17. The minimum atomic E-state index is -0.379. The van der Waals surface area contributed by atoms with Crippen LogP contribution in [0.4, 0.5) is 11.4 Å². The molecule has 1 unspecified atom stereocenters. The van der Waals surface area contributed by atoms with Crippen molar-refractivity contribution < 1.29 is 9.53 Å². The molecule has 1 heterocycles. The van der Waals surface area contributed by atoms with Gasteiger partial charge in [0.2, 0.25) is 11.8 Å². The summed E-state index contributed by atoms with van der Waals surface area (Å²) in [5.74, 6) is 0.445. The molecule has 1 aromatic heterocycles. The van der Waals surface area contributed by atoms with E-state index >= 15 is 0 Å². The molecule has 22 heavy (non-hydrogen) atoms. The Morgan fingerprint density at radius 2 is 2.00 bits per heavy atom. The molecule has 1 atom stereocenters. The van der Waals surface area contributed by atoms with Crippen molar-refractivity contribution in [2.75, 3.05) is 17.7 Å². The number of ether oxygens (including phenoxy) is 1. The summed E-state index contributed by atoms with van der Waals surface area (Å²) in [5, 5.41) is 6.05. The molecule has 0 bridgehead atoms. The molecule has 0 radical (unpaired) electrons. The Bertz CT molecular complexity index is 653. The molecule has 5 heteroatoms. The van der Waals surface area contributed by atoms with Crippen LogP contribution in [0.3, 0.4) is 0 Å². The van der Waals surface area contributed by atoms with Gasteiger partial charge in [-0.3, -0.25) is 4.79 Å². The minimum absolute atomic E-state index is 0.0947. The Labute approximate surface area is 130 Å². The zero-order chi connectivity index (χ0) is 16.1. The Kier molecular flexibility index (Phi) is 4.99. The fourth-order valence-corrected chi connectivity index (χ4v) is 2.10. The van der Waals surface area contributed by atoms with E-state index in [1.807, 2.05) is 45.0 Å². The fraction of sp³-hybridized carbons (Fsp3) is 0.294. The summed E-state index contributed by atoms with van der Waals surface area (Å²) in [6.45, 7) is 5.82. The smallest absolute Gasteiger partial charge is 0.246 e. The third-order valence-corrected chi connectivity index (χ3v) is 3.36. The fourth-order valence-electron chi connectivity index (χ4n) is 2.10. The third kappa shape index (κ3) is 3.97. The lowest BCUT2D eigenvalue weighted by Gasteiger charge is -2.16. The number of pyridine rings is 1. The molecule has 0 aliphatic heterocycles. The molecular weight excluding hydrogens is 278 g/mol. The molecule has 0 saturated carbocycles. The number of nitrogens with one attached hydrogen (secondary N) is 2. The molecule has 0 fully saturated rings. The lowest BCUT2D eigenvalue weighted by atomic mass is 10.1. The number of amides is 1. The second-order valence-corrected chi connectivity index (χ2v) is 5.26. The number of aryl methyl sites for hydroxylation is 2. The van der Waals surface area contributed by atoms with E-state index in [0.29, 0.717) is 5.88 Å². The van der Waals surface area contributed by atoms with Gasteiger partial charge in [-0.25, -0.2) is 4.98 Å². The van der Waals surface area contributed by atoms with Crippen molar-refractivity contribution in [1.29, 1.82) is 0 Å². The van der Waals surface area contributed by atoms with E-state index < -0.39 is 0 Å². The van der Waals surface area contributed by atoms with Gasteiger partial charge in [0.1, 0.15) is 6.04 Å². The van der Waals surface area contributed by atoms with Gasteiger partial charge < -0.3 is 15.4 Å². The van der Waals surface area contributed by atoms with Crippen LogP contribution in [0, 0.1) is 13.8 Å². The number of methoxy groups -OCH3 is 1. The molecule has 1 amide bonds. The molecule has 5 nitrogen and oxygen atoms in total. The molecule has 0 aliphatic rings. The van der Waals surface area contributed by atoms with Crippen molar-refractivity contribution in [3.63, 3.8) is 0 Å². The highest BCUT2D eigenvalue weighted by atomic mass is 16.5. The Hall–Kier alpha value is -2.56. The zero-order valence-corrected chi connectivity index (χ0v) is 13.3. The van der Waals surface area contributed by atoms with Crippen LogP contribution >= 0.6 is 0 Å². The lowest BCUT2D eigenvalue weighted by molar-refractivity contribution is -0.116. The van der Waals surface area contributed by atoms with E-state index in [1.54, 1.807) is 19.4 Å². The van der Waals surface area contributed by atoms with Gasteiger partial charge in [-0.1, -0.05) is 17.7 Å². The van der Waals surface area contributed by atoms with Crippen molar-refractivity contribution in [1.82, 2.24) is 4.98 Å². The van der Waals surface area contributed by atoms with Crippen molar-refractivity contribution in [2.24, 2.45) is 0 Å². The van der Waals surface area contributed by atoms with E-state index in [4.69, 9.17) is 4.74 Å². The number of rotatable bonds is 5. The zero-order valence-electron chi connectivity index (χ0n) is 13.3. The van der Waals surface area contributed by atoms with Crippen molar-refractivity contribution >= 4 is 17.3 Å². The predicted octanol–water partition coefficient (Wildman–Crippen LogP) is 3.15. The van der Waals surface area contributed by atoms with Gasteiger partial charge in [-0.2, -0.15) is 0 Å². The predicted molar refractivity (Wildman–Crippen MR) is 88.4 cm³/mol. The van der Waals surface area contributed by atoms with Gasteiger partial charge in [0.05, 0.1) is 19.0 Å². The minimum Gasteiger partial charge on any atom is -0.481 e. The van der Waals surface area contributed by atoms with E-state index in [-0.39, 0.29) is 11.9 Å². The average Bonchev–Trinajstić information content (AvgIpc) is 2.50.